The van der Waals surface area contributed by atoms with Crippen LogP contribution in [0.5, 0.6) is 5.75 Å². The normalized spacial score (nSPS) is 29.8. The lowest BCUT2D eigenvalue weighted by atomic mass is 9.52. The van der Waals surface area contributed by atoms with Gasteiger partial charge in [0.1, 0.15) is 5.75 Å². The SMILES string of the molecule is Cc1ccc(CCN2CC[C@]34CCCC[C@H]3[C@H]2Cc2ccc(O)cc24)cc1. The van der Waals surface area contributed by atoms with Crippen molar-refractivity contribution in [3.05, 3.63) is 64.7 Å². The minimum Gasteiger partial charge on any atom is -0.508 e. The lowest BCUT2D eigenvalue weighted by Gasteiger charge is -2.59. The predicted molar refractivity (Wildman–Crippen MR) is 110 cm³/mol. The molecule has 2 bridgehead atoms. The number of rotatable bonds is 3. The maximum atomic E-state index is 10.1. The van der Waals surface area contributed by atoms with Gasteiger partial charge >= 0.3 is 0 Å². The van der Waals surface area contributed by atoms with Crippen LogP contribution in [0.4, 0.5) is 0 Å². The third-order valence-electron chi connectivity index (χ3n) is 7.74. The molecular weight excluding hydrogens is 330 g/mol. The van der Waals surface area contributed by atoms with Crippen LogP contribution in [-0.2, 0) is 18.3 Å². The maximum absolute atomic E-state index is 10.1. The van der Waals surface area contributed by atoms with Crippen LogP contribution in [0.1, 0.15) is 54.4 Å². The van der Waals surface area contributed by atoms with E-state index in [9.17, 15) is 5.11 Å². The molecule has 0 unspecified atom stereocenters. The predicted octanol–water partition coefficient (Wildman–Crippen LogP) is 5.00. The number of aryl methyl sites for hydroxylation is 1. The summed E-state index contributed by atoms with van der Waals surface area (Å²) in [5.74, 6) is 1.22. The highest BCUT2D eigenvalue weighted by molar-refractivity contribution is 5.45. The molecule has 2 heteroatoms. The van der Waals surface area contributed by atoms with Crippen LogP contribution in [0.2, 0.25) is 0 Å². The summed E-state index contributed by atoms with van der Waals surface area (Å²) < 4.78 is 0. The zero-order chi connectivity index (χ0) is 18.4. The van der Waals surface area contributed by atoms with Gasteiger partial charge in [0.2, 0.25) is 0 Å². The largest absolute Gasteiger partial charge is 0.508 e. The average molecular weight is 362 g/mol. The van der Waals surface area contributed by atoms with Crippen molar-refractivity contribution in [2.24, 2.45) is 5.92 Å². The van der Waals surface area contributed by atoms with E-state index in [0.717, 1.165) is 18.8 Å². The summed E-state index contributed by atoms with van der Waals surface area (Å²) in [7, 11) is 0. The Morgan fingerprint density at radius 2 is 1.93 bits per heavy atom. The number of fused-ring (bicyclic) bond motifs is 1. The molecule has 2 aromatic carbocycles. The summed E-state index contributed by atoms with van der Waals surface area (Å²) in [5.41, 5.74) is 6.12. The minimum absolute atomic E-state index is 0.329. The van der Waals surface area contributed by atoms with Gasteiger partial charge in [0.25, 0.3) is 0 Å². The van der Waals surface area contributed by atoms with E-state index in [-0.39, 0.29) is 0 Å². The molecule has 2 nitrogen and oxygen atoms in total. The fourth-order valence-electron chi connectivity index (χ4n) is 6.38. The molecule has 5 rings (SSSR count). The molecule has 0 radical (unpaired) electrons. The van der Waals surface area contributed by atoms with Crippen LogP contribution < -0.4 is 0 Å². The molecule has 1 aliphatic heterocycles. The Labute approximate surface area is 163 Å². The fraction of sp³-hybridized carbons (Fsp3) is 0.520. The van der Waals surface area contributed by atoms with Gasteiger partial charge in [-0.2, -0.15) is 0 Å². The van der Waals surface area contributed by atoms with Crippen LogP contribution >= 0.6 is 0 Å². The van der Waals surface area contributed by atoms with Gasteiger partial charge in [-0.3, -0.25) is 4.90 Å². The van der Waals surface area contributed by atoms with Crippen molar-refractivity contribution in [1.29, 1.82) is 0 Å². The average Bonchev–Trinajstić information content (AvgIpc) is 2.69. The van der Waals surface area contributed by atoms with E-state index in [1.54, 1.807) is 0 Å². The van der Waals surface area contributed by atoms with Gasteiger partial charge in [-0.25, -0.2) is 0 Å². The molecule has 2 fully saturated rings. The van der Waals surface area contributed by atoms with Crippen molar-refractivity contribution in [2.75, 3.05) is 13.1 Å². The van der Waals surface area contributed by atoms with Gasteiger partial charge in [-0.05, 0) is 80.3 Å². The number of likely N-dealkylation sites (tertiary alicyclic amines) is 1. The molecule has 1 N–H and O–H groups in total. The van der Waals surface area contributed by atoms with Gasteiger partial charge in [0.05, 0.1) is 0 Å². The molecule has 0 spiro atoms. The van der Waals surface area contributed by atoms with Gasteiger partial charge < -0.3 is 5.11 Å². The molecule has 2 aliphatic carbocycles. The van der Waals surface area contributed by atoms with Gasteiger partial charge in [0.15, 0.2) is 0 Å². The second-order valence-electron chi connectivity index (χ2n) is 9.14. The molecule has 0 aromatic heterocycles. The molecule has 3 aliphatic rings. The van der Waals surface area contributed by atoms with Gasteiger partial charge in [-0.1, -0.05) is 48.7 Å². The Morgan fingerprint density at radius 1 is 1.07 bits per heavy atom. The first-order valence-corrected chi connectivity index (χ1v) is 10.8. The quantitative estimate of drug-likeness (QED) is 0.831. The summed E-state index contributed by atoms with van der Waals surface area (Å²) in [4.78, 5) is 2.80. The van der Waals surface area contributed by atoms with Crippen molar-refractivity contribution in [2.45, 2.75) is 63.3 Å². The Morgan fingerprint density at radius 3 is 2.78 bits per heavy atom. The molecule has 3 atom stereocenters. The number of piperidine rings is 1. The number of aromatic hydroxyl groups is 1. The van der Waals surface area contributed by atoms with Crippen LogP contribution in [0, 0.1) is 12.8 Å². The highest BCUT2D eigenvalue weighted by Gasteiger charge is 2.53. The topological polar surface area (TPSA) is 23.5 Å². The second-order valence-corrected chi connectivity index (χ2v) is 9.14. The first-order chi connectivity index (χ1) is 13.2. The van der Waals surface area contributed by atoms with Gasteiger partial charge in [-0.15, -0.1) is 0 Å². The summed E-state index contributed by atoms with van der Waals surface area (Å²) >= 11 is 0. The molecule has 142 valence electrons. The summed E-state index contributed by atoms with van der Waals surface area (Å²) in [6, 6.07) is 15.9. The number of hydrogen-bond acceptors (Lipinski definition) is 2. The van der Waals surface area contributed by atoms with E-state index >= 15 is 0 Å². The van der Waals surface area contributed by atoms with Crippen molar-refractivity contribution in [3.8, 4) is 5.75 Å². The van der Waals surface area contributed by atoms with Crippen molar-refractivity contribution in [3.63, 3.8) is 0 Å². The van der Waals surface area contributed by atoms with E-state index in [1.165, 1.54) is 67.4 Å². The number of benzene rings is 2. The number of nitrogens with zero attached hydrogens (tertiary/aromatic N) is 1. The first-order valence-electron chi connectivity index (χ1n) is 10.8. The molecule has 0 amide bonds. The third-order valence-corrected chi connectivity index (χ3v) is 7.74. The monoisotopic (exact) mass is 361 g/mol. The third kappa shape index (κ3) is 2.89. The molecule has 2 aromatic rings. The van der Waals surface area contributed by atoms with E-state index < -0.39 is 0 Å². The number of phenolic OH excluding ortho intramolecular Hbond substituents is 1. The first kappa shape index (κ1) is 17.3. The summed E-state index contributed by atoms with van der Waals surface area (Å²) in [6.07, 6.45) is 8.98. The zero-order valence-electron chi connectivity index (χ0n) is 16.5. The highest BCUT2D eigenvalue weighted by atomic mass is 16.3. The molecule has 27 heavy (non-hydrogen) atoms. The van der Waals surface area contributed by atoms with Crippen molar-refractivity contribution >= 4 is 0 Å². The van der Waals surface area contributed by atoms with E-state index in [2.05, 4.69) is 48.2 Å². The Kier molecular flexibility index (Phi) is 4.27. The van der Waals surface area contributed by atoms with Crippen LogP contribution in [-0.4, -0.2) is 29.1 Å². The highest BCUT2D eigenvalue weighted by Crippen LogP contribution is 2.56. The Bertz CT molecular complexity index is 827. The van der Waals surface area contributed by atoms with Crippen molar-refractivity contribution in [1.82, 2.24) is 4.90 Å². The van der Waals surface area contributed by atoms with Crippen LogP contribution in [0.3, 0.4) is 0 Å². The second kappa shape index (κ2) is 6.67. The molecule has 1 saturated carbocycles. The van der Waals surface area contributed by atoms with E-state index in [1.807, 2.05) is 6.07 Å². The van der Waals surface area contributed by atoms with Crippen molar-refractivity contribution < 1.29 is 5.11 Å². The maximum Gasteiger partial charge on any atom is 0.115 e. The smallest absolute Gasteiger partial charge is 0.115 e. The number of hydrogen-bond donors (Lipinski definition) is 1. The lowest BCUT2D eigenvalue weighted by molar-refractivity contribution is -0.0106. The van der Waals surface area contributed by atoms with E-state index in [0.29, 0.717) is 17.2 Å². The minimum atomic E-state index is 0.329. The molecule has 1 heterocycles. The standard InChI is InChI=1S/C25H31NO/c1-18-5-7-19(8-6-18)11-14-26-15-13-25-12-3-2-4-22(25)24(26)16-20-9-10-21(27)17-23(20)25/h5-10,17,22,24,27H,2-4,11-16H2,1H3/t22-,24+,25+/m0/s1. The van der Waals surface area contributed by atoms with Crippen LogP contribution in [0.15, 0.2) is 42.5 Å². The Balaban J connectivity index is 1.42. The summed E-state index contributed by atoms with van der Waals surface area (Å²) in [5, 5.41) is 10.1. The molecular formula is C25H31NO. The summed E-state index contributed by atoms with van der Waals surface area (Å²) in [6.45, 7) is 4.55. The van der Waals surface area contributed by atoms with Gasteiger partial charge in [0, 0.05) is 18.0 Å². The lowest BCUT2D eigenvalue weighted by Crippen LogP contribution is -2.61. The number of phenols is 1. The van der Waals surface area contributed by atoms with E-state index in [4.69, 9.17) is 0 Å². The Hall–Kier alpha value is -1.80. The fourth-order valence-corrected chi connectivity index (χ4v) is 6.38. The molecule has 1 saturated heterocycles. The zero-order valence-corrected chi connectivity index (χ0v) is 16.5. The van der Waals surface area contributed by atoms with Crippen LogP contribution in [0.25, 0.3) is 0 Å².